The summed E-state index contributed by atoms with van der Waals surface area (Å²) in [5.41, 5.74) is 1.21. The minimum Gasteiger partial charge on any atom is -0.274 e. The number of carbonyl (C=O) groups is 1. The van der Waals surface area contributed by atoms with Crippen LogP contribution in [0.1, 0.15) is 10.4 Å². The van der Waals surface area contributed by atoms with E-state index in [-0.39, 0.29) is 16.2 Å². The summed E-state index contributed by atoms with van der Waals surface area (Å²) >= 11 is 11.7. The average Bonchev–Trinajstić information content (AvgIpc) is 2.45. The Morgan fingerprint density at radius 2 is 1.70 bits per heavy atom. The molecule has 0 aliphatic rings. The summed E-state index contributed by atoms with van der Waals surface area (Å²) in [6, 6.07) is 8.21. The van der Waals surface area contributed by atoms with Crippen molar-refractivity contribution in [3.8, 4) is 11.4 Å². The molecule has 0 bridgehead atoms. The zero-order valence-corrected chi connectivity index (χ0v) is 12.3. The van der Waals surface area contributed by atoms with E-state index in [2.05, 4.69) is 9.97 Å². The first-order chi connectivity index (χ1) is 9.51. The first-order valence-electron chi connectivity index (χ1n) is 5.64. The number of nitrogens with zero attached hydrogens (tertiary/aromatic N) is 3. The summed E-state index contributed by atoms with van der Waals surface area (Å²) in [4.78, 5) is 24.9. The van der Waals surface area contributed by atoms with Crippen molar-refractivity contribution in [1.82, 2.24) is 15.0 Å². The van der Waals surface area contributed by atoms with Crippen LogP contribution in [0.15, 0.2) is 30.3 Å². The molecule has 1 heterocycles. The Kier molecular flexibility index (Phi) is 4.54. The van der Waals surface area contributed by atoms with Crippen LogP contribution in [0.2, 0.25) is 10.3 Å². The summed E-state index contributed by atoms with van der Waals surface area (Å²) in [5.74, 6) is 0.158. The zero-order valence-electron chi connectivity index (χ0n) is 10.8. The van der Waals surface area contributed by atoms with E-state index in [0.29, 0.717) is 17.0 Å². The number of amides is 1. The standard InChI is InChI=1S/C13H11Cl2N3O2/c1-18(20-2)13(19)9-5-3-8(4-6-9)12-16-10(14)7-11(15)17-12/h3-7H,1-2H3. The number of aromatic nitrogens is 2. The number of rotatable bonds is 3. The van der Waals surface area contributed by atoms with E-state index >= 15 is 0 Å². The highest BCUT2D eigenvalue weighted by atomic mass is 35.5. The van der Waals surface area contributed by atoms with Crippen molar-refractivity contribution in [3.05, 3.63) is 46.2 Å². The SMILES string of the molecule is CON(C)C(=O)c1ccc(-c2nc(Cl)cc(Cl)n2)cc1. The maximum atomic E-state index is 11.9. The molecule has 0 radical (unpaired) electrons. The van der Waals surface area contributed by atoms with Gasteiger partial charge in [0, 0.05) is 24.2 Å². The predicted octanol–water partition coefficient (Wildman–Crippen LogP) is 3.08. The maximum absolute atomic E-state index is 11.9. The van der Waals surface area contributed by atoms with Crippen molar-refractivity contribution in [3.63, 3.8) is 0 Å². The van der Waals surface area contributed by atoms with Gasteiger partial charge in [0.25, 0.3) is 5.91 Å². The summed E-state index contributed by atoms with van der Waals surface area (Å²) in [6.45, 7) is 0. The molecule has 0 N–H and O–H groups in total. The van der Waals surface area contributed by atoms with Crippen LogP contribution in [0.25, 0.3) is 11.4 Å². The van der Waals surface area contributed by atoms with Crippen LogP contribution in [0.5, 0.6) is 0 Å². The highest BCUT2D eigenvalue weighted by molar-refractivity contribution is 6.33. The van der Waals surface area contributed by atoms with Gasteiger partial charge in [0.05, 0.1) is 7.11 Å². The summed E-state index contributed by atoms with van der Waals surface area (Å²) in [6.07, 6.45) is 0. The van der Waals surface area contributed by atoms with Crippen LogP contribution in [-0.4, -0.2) is 35.1 Å². The molecule has 2 aromatic rings. The molecule has 7 heteroatoms. The Morgan fingerprint density at radius 1 is 1.15 bits per heavy atom. The monoisotopic (exact) mass is 311 g/mol. The summed E-state index contributed by atoms with van der Waals surface area (Å²) < 4.78 is 0. The van der Waals surface area contributed by atoms with Gasteiger partial charge in [-0.3, -0.25) is 9.63 Å². The molecule has 0 saturated heterocycles. The molecule has 1 amide bonds. The highest BCUT2D eigenvalue weighted by Gasteiger charge is 2.12. The normalized spacial score (nSPS) is 10.4. The molecular weight excluding hydrogens is 301 g/mol. The molecule has 2 rings (SSSR count). The Labute approximate surface area is 126 Å². The van der Waals surface area contributed by atoms with Crippen molar-refractivity contribution >= 4 is 29.1 Å². The van der Waals surface area contributed by atoms with E-state index in [1.165, 1.54) is 20.2 Å². The van der Waals surface area contributed by atoms with Crippen LogP contribution in [-0.2, 0) is 4.84 Å². The topological polar surface area (TPSA) is 55.3 Å². The lowest BCUT2D eigenvalue weighted by Crippen LogP contribution is -2.25. The van der Waals surface area contributed by atoms with Gasteiger partial charge in [0.2, 0.25) is 0 Å². The molecule has 0 fully saturated rings. The Morgan fingerprint density at radius 3 is 2.20 bits per heavy atom. The summed E-state index contributed by atoms with van der Waals surface area (Å²) in [5, 5.41) is 1.67. The second-order valence-electron chi connectivity index (χ2n) is 3.90. The molecule has 0 aliphatic carbocycles. The fourth-order valence-electron chi connectivity index (χ4n) is 1.55. The zero-order chi connectivity index (χ0) is 14.7. The third-order valence-electron chi connectivity index (χ3n) is 2.61. The van der Waals surface area contributed by atoms with Gasteiger partial charge in [0.1, 0.15) is 10.3 Å². The van der Waals surface area contributed by atoms with Gasteiger partial charge in [-0.05, 0) is 12.1 Å². The number of hydrogen-bond donors (Lipinski definition) is 0. The lowest BCUT2D eigenvalue weighted by atomic mass is 10.1. The van der Waals surface area contributed by atoms with E-state index in [4.69, 9.17) is 28.0 Å². The molecule has 5 nitrogen and oxygen atoms in total. The fraction of sp³-hybridized carbons (Fsp3) is 0.154. The van der Waals surface area contributed by atoms with E-state index in [9.17, 15) is 4.79 Å². The third kappa shape index (κ3) is 3.25. The Bertz CT molecular complexity index is 612. The number of benzene rings is 1. The first-order valence-corrected chi connectivity index (χ1v) is 6.39. The van der Waals surface area contributed by atoms with Crippen LogP contribution in [0.3, 0.4) is 0 Å². The predicted molar refractivity (Wildman–Crippen MR) is 76.6 cm³/mol. The van der Waals surface area contributed by atoms with Gasteiger partial charge in [-0.15, -0.1) is 0 Å². The molecule has 1 aromatic carbocycles. The van der Waals surface area contributed by atoms with Gasteiger partial charge in [0.15, 0.2) is 5.82 Å². The number of hydrogen-bond acceptors (Lipinski definition) is 4. The van der Waals surface area contributed by atoms with Crippen molar-refractivity contribution in [2.45, 2.75) is 0 Å². The minimum atomic E-state index is -0.246. The molecule has 104 valence electrons. The molecule has 0 atom stereocenters. The lowest BCUT2D eigenvalue weighted by Gasteiger charge is -2.13. The fourth-order valence-corrected chi connectivity index (χ4v) is 1.97. The van der Waals surface area contributed by atoms with Crippen molar-refractivity contribution in [2.24, 2.45) is 0 Å². The van der Waals surface area contributed by atoms with E-state index < -0.39 is 0 Å². The third-order valence-corrected chi connectivity index (χ3v) is 3.00. The van der Waals surface area contributed by atoms with E-state index in [1.807, 2.05) is 0 Å². The van der Waals surface area contributed by atoms with Gasteiger partial charge >= 0.3 is 0 Å². The van der Waals surface area contributed by atoms with Crippen LogP contribution in [0.4, 0.5) is 0 Å². The molecular formula is C13H11Cl2N3O2. The average molecular weight is 312 g/mol. The molecule has 0 saturated carbocycles. The van der Waals surface area contributed by atoms with E-state index in [1.54, 1.807) is 24.3 Å². The second kappa shape index (κ2) is 6.17. The molecule has 0 aliphatic heterocycles. The van der Waals surface area contributed by atoms with Gasteiger partial charge in [-0.2, -0.15) is 0 Å². The van der Waals surface area contributed by atoms with E-state index in [0.717, 1.165) is 5.06 Å². The number of carbonyl (C=O) groups excluding carboxylic acids is 1. The minimum absolute atomic E-state index is 0.246. The second-order valence-corrected chi connectivity index (χ2v) is 4.67. The maximum Gasteiger partial charge on any atom is 0.277 e. The smallest absolute Gasteiger partial charge is 0.274 e. The highest BCUT2D eigenvalue weighted by Crippen LogP contribution is 2.21. The van der Waals surface area contributed by atoms with Crippen molar-refractivity contribution < 1.29 is 9.63 Å². The molecule has 20 heavy (non-hydrogen) atoms. The Hall–Kier alpha value is -1.69. The molecule has 0 spiro atoms. The number of hydroxylamine groups is 2. The Balaban J connectivity index is 2.30. The van der Waals surface area contributed by atoms with Crippen LogP contribution >= 0.6 is 23.2 Å². The molecule has 1 aromatic heterocycles. The van der Waals surface area contributed by atoms with Gasteiger partial charge in [-0.25, -0.2) is 15.0 Å². The van der Waals surface area contributed by atoms with Gasteiger partial charge < -0.3 is 0 Å². The largest absolute Gasteiger partial charge is 0.277 e. The molecule has 0 unspecified atom stereocenters. The quantitative estimate of drug-likeness (QED) is 0.645. The van der Waals surface area contributed by atoms with Crippen LogP contribution < -0.4 is 0 Å². The number of halogens is 2. The van der Waals surface area contributed by atoms with Crippen molar-refractivity contribution in [1.29, 1.82) is 0 Å². The summed E-state index contributed by atoms with van der Waals surface area (Å²) in [7, 11) is 2.96. The van der Waals surface area contributed by atoms with Crippen molar-refractivity contribution in [2.75, 3.05) is 14.2 Å². The first kappa shape index (κ1) is 14.7. The lowest BCUT2D eigenvalue weighted by molar-refractivity contribution is -0.0756. The van der Waals surface area contributed by atoms with Gasteiger partial charge in [-0.1, -0.05) is 35.3 Å². The van der Waals surface area contributed by atoms with Crippen LogP contribution in [0, 0.1) is 0 Å².